The Hall–Kier alpha value is -0.640. The maximum atomic E-state index is 13.5. The molecule has 0 radical (unpaired) electrons. The normalized spacial score (nSPS) is 24.7. The summed E-state index contributed by atoms with van der Waals surface area (Å²) in [6.45, 7) is 7.50. The molecule has 1 fully saturated rings. The van der Waals surface area contributed by atoms with Crippen molar-refractivity contribution in [2.45, 2.75) is 39.3 Å². The highest BCUT2D eigenvalue weighted by molar-refractivity contribution is 6.31. The van der Waals surface area contributed by atoms with E-state index in [9.17, 15) is 4.39 Å². The number of aryl methyl sites for hydroxylation is 1. The molecule has 0 aliphatic carbocycles. The zero-order valence-electron chi connectivity index (χ0n) is 11.7. The fourth-order valence-electron chi connectivity index (χ4n) is 2.75. The number of halogens is 2. The third kappa shape index (κ3) is 3.28. The summed E-state index contributed by atoms with van der Waals surface area (Å²) >= 11 is 6.23. The van der Waals surface area contributed by atoms with Gasteiger partial charge in [0.2, 0.25) is 0 Å². The van der Waals surface area contributed by atoms with Gasteiger partial charge in [-0.25, -0.2) is 4.39 Å². The van der Waals surface area contributed by atoms with Gasteiger partial charge in [-0.3, -0.25) is 0 Å². The first-order chi connectivity index (χ1) is 9.02. The van der Waals surface area contributed by atoms with Crippen LogP contribution in [0.3, 0.4) is 0 Å². The van der Waals surface area contributed by atoms with E-state index in [1.54, 1.807) is 6.92 Å². The number of ether oxygens (including phenoxy) is 1. The van der Waals surface area contributed by atoms with E-state index in [2.05, 4.69) is 19.2 Å². The second-order valence-corrected chi connectivity index (χ2v) is 5.71. The minimum absolute atomic E-state index is 0.127. The van der Waals surface area contributed by atoms with E-state index < -0.39 is 0 Å². The Morgan fingerprint density at radius 2 is 2.26 bits per heavy atom. The fourth-order valence-corrected chi connectivity index (χ4v) is 3.02. The van der Waals surface area contributed by atoms with Gasteiger partial charge in [0.15, 0.2) is 0 Å². The van der Waals surface area contributed by atoms with Crippen LogP contribution in [0.15, 0.2) is 12.1 Å². The van der Waals surface area contributed by atoms with Gasteiger partial charge in [0, 0.05) is 17.0 Å². The van der Waals surface area contributed by atoms with Crippen molar-refractivity contribution in [2.75, 3.05) is 13.2 Å². The first-order valence-corrected chi connectivity index (χ1v) is 7.21. The highest BCUT2D eigenvalue weighted by Crippen LogP contribution is 2.35. The number of hydrogen-bond acceptors (Lipinski definition) is 2. The maximum Gasteiger partial charge on any atom is 0.127 e. The monoisotopic (exact) mass is 285 g/mol. The molecule has 1 N–H and O–H groups in total. The molecule has 1 aliphatic rings. The molecule has 4 heteroatoms. The van der Waals surface area contributed by atoms with E-state index in [0.29, 0.717) is 16.5 Å². The SMILES string of the molecule is CCNC(c1cc(C)c(F)cc1Cl)C1COC(C)C1. The Morgan fingerprint density at radius 1 is 1.53 bits per heavy atom. The van der Waals surface area contributed by atoms with Crippen LogP contribution in [0.2, 0.25) is 5.02 Å². The third-order valence-electron chi connectivity index (χ3n) is 3.74. The number of benzene rings is 1. The Bertz CT molecular complexity index is 452. The minimum Gasteiger partial charge on any atom is -0.378 e. The van der Waals surface area contributed by atoms with Crippen molar-refractivity contribution < 1.29 is 9.13 Å². The van der Waals surface area contributed by atoms with Gasteiger partial charge in [-0.05, 0) is 44.0 Å². The molecule has 1 saturated heterocycles. The van der Waals surface area contributed by atoms with Gasteiger partial charge in [-0.1, -0.05) is 24.6 Å². The topological polar surface area (TPSA) is 21.3 Å². The molecule has 19 heavy (non-hydrogen) atoms. The number of hydrogen-bond donors (Lipinski definition) is 1. The first kappa shape index (κ1) is 14.8. The molecule has 1 heterocycles. The quantitative estimate of drug-likeness (QED) is 0.907. The van der Waals surface area contributed by atoms with Crippen molar-refractivity contribution in [2.24, 2.45) is 5.92 Å². The highest BCUT2D eigenvalue weighted by atomic mass is 35.5. The van der Waals surface area contributed by atoms with Gasteiger partial charge >= 0.3 is 0 Å². The van der Waals surface area contributed by atoms with Crippen LogP contribution < -0.4 is 5.32 Å². The third-order valence-corrected chi connectivity index (χ3v) is 4.07. The molecule has 0 bridgehead atoms. The van der Waals surface area contributed by atoms with Crippen LogP contribution in [-0.2, 0) is 4.74 Å². The molecule has 3 atom stereocenters. The molecule has 106 valence electrons. The van der Waals surface area contributed by atoms with Gasteiger partial charge in [-0.2, -0.15) is 0 Å². The first-order valence-electron chi connectivity index (χ1n) is 6.83. The molecule has 0 spiro atoms. The van der Waals surface area contributed by atoms with Crippen LogP contribution in [0.5, 0.6) is 0 Å². The van der Waals surface area contributed by atoms with Gasteiger partial charge in [0.1, 0.15) is 5.82 Å². The molecule has 0 saturated carbocycles. The molecule has 0 amide bonds. The van der Waals surface area contributed by atoms with Gasteiger partial charge in [0.25, 0.3) is 0 Å². The number of nitrogens with one attached hydrogen (secondary N) is 1. The second-order valence-electron chi connectivity index (χ2n) is 5.30. The lowest BCUT2D eigenvalue weighted by molar-refractivity contribution is 0.117. The summed E-state index contributed by atoms with van der Waals surface area (Å²) in [5.41, 5.74) is 1.61. The van der Waals surface area contributed by atoms with Gasteiger partial charge < -0.3 is 10.1 Å². The van der Waals surface area contributed by atoms with Crippen LogP contribution in [0.4, 0.5) is 4.39 Å². The summed E-state index contributed by atoms with van der Waals surface area (Å²) in [6, 6.07) is 3.39. The van der Waals surface area contributed by atoms with Crippen LogP contribution in [0.1, 0.15) is 37.4 Å². The Morgan fingerprint density at radius 3 is 2.84 bits per heavy atom. The van der Waals surface area contributed by atoms with Gasteiger partial charge in [-0.15, -0.1) is 0 Å². The molecular weight excluding hydrogens is 265 g/mol. The number of rotatable bonds is 4. The maximum absolute atomic E-state index is 13.5. The largest absolute Gasteiger partial charge is 0.378 e. The van der Waals surface area contributed by atoms with Crippen molar-refractivity contribution in [1.29, 1.82) is 0 Å². The van der Waals surface area contributed by atoms with Crippen LogP contribution in [0, 0.1) is 18.7 Å². The second kappa shape index (κ2) is 6.21. The summed E-state index contributed by atoms with van der Waals surface area (Å²) in [6.07, 6.45) is 1.29. The van der Waals surface area contributed by atoms with E-state index in [0.717, 1.165) is 25.1 Å². The molecule has 2 rings (SSSR count). The predicted molar refractivity (Wildman–Crippen MR) is 76.1 cm³/mol. The van der Waals surface area contributed by atoms with Crippen molar-refractivity contribution in [3.8, 4) is 0 Å². The van der Waals surface area contributed by atoms with Gasteiger partial charge in [0.05, 0.1) is 12.7 Å². The standard InChI is InChI=1S/C15H21ClFNO/c1-4-18-15(11-6-10(3)19-8-11)12-5-9(2)14(17)7-13(12)16/h5,7,10-11,15,18H,4,6,8H2,1-3H3. The average Bonchev–Trinajstić information content (AvgIpc) is 2.78. The Balaban J connectivity index is 2.30. The van der Waals surface area contributed by atoms with Crippen molar-refractivity contribution in [3.63, 3.8) is 0 Å². The Labute approximate surface area is 119 Å². The lowest BCUT2D eigenvalue weighted by atomic mass is 9.90. The van der Waals surface area contributed by atoms with Crippen molar-refractivity contribution >= 4 is 11.6 Å². The molecule has 3 unspecified atom stereocenters. The molecule has 2 nitrogen and oxygen atoms in total. The van der Waals surface area contributed by atoms with E-state index in [1.165, 1.54) is 6.07 Å². The van der Waals surface area contributed by atoms with E-state index in [-0.39, 0.29) is 18.0 Å². The Kier molecular flexibility index (Phi) is 4.82. The van der Waals surface area contributed by atoms with Crippen LogP contribution in [0.25, 0.3) is 0 Å². The summed E-state index contributed by atoms with van der Waals surface area (Å²) in [5.74, 6) is 0.136. The molecule has 1 aromatic carbocycles. The molecule has 1 aromatic rings. The van der Waals surface area contributed by atoms with E-state index in [4.69, 9.17) is 16.3 Å². The van der Waals surface area contributed by atoms with Crippen molar-refractivity contribution in [1.82, 2.24) is 5.32 Å². The minimum atomic E-state index is -0.250. The summed E-state index contributed by atoms with van der Waals surface area (Å²) in [5, 5.41) is 3.96. The van der Waals surface area contributed by atoms with E-state index >= 15 is 0 Å². The van der Waals surface area contributed by atoms with Crippen LogP contribution in [-0.4, -0.2) is 19.3 Å². The zero-order valence-corrected chi connectivity index (χ0v) is 12.4. The predicted octanol–water partition coefficient (Wildman–Crippen LogP) is 3.86. The molecular formula is C15H21ClFNO. The lowest BCUT2D eigenvalue weighted by Crippen LogP contribution is -2.29. The molecule has 1 aliphatic heterocycles. The average molecular weight is 286 g/mol. The summed E-state index contributed by atoms with van der Waals surface area (Å²) in [4.78, 5) is 0. The fraction of sp³-hybridized carbons (Fsp3) is 0.600. The smallest absolute Gasteiger partial charge is 0.127 e. The van der Waals surface area contributed by atoms with Crippen LogP contribution >= 0.6 is 11.6 Å². The summed E-state index contributed by atoms with van der Waals surface area (Å²) < 4.78 is 19.2. The summed E-state index contributed by atoms with van der Waals surface area (Å²) in [7, 11) is 0. The zero-order chi connectivity index (χ0) is 14.0. The molecule has 0 aromatic heterocycles. The van der Waals surface area contributed by atoms with Crippen molar-refractivity contribution in [3.05, 3.63) is 34.1 Å². The lowest BCUT2D eigenvalue weighted by Gasteiger charge is -2.25. The highest BCUT2D eigenvalue weighted by Gasteiger charge is 2.31. The van der Waals surface area contributed by atoms with E-state index in [1.807, 2.05) is 6.07 Å².